The molecule has 3 aromatic rings. The van der Waals surface area contributed by atoms with Crippen molar-refractivity contribution >= 4 is 23.8 Å². The minimum Gasteiger partial charge on any atom is -0.271 e. The van der Waals surface area contributed by atoms with E-state index in [0.717, 1.165) is 15.6 Å². The Morgan fingerprint density at radius 2 is 0.700 bits per heavy atom. The first-order chi connectivity index (χ1) is 9.82. The van der Waals surface area contributed by atoms with E-state index in [0.29, 0.717) is 0 Å². The van der Waals surface area contributed by atoms with E-state index in [1.807, 2.05) is 54.6 Å². The molecule has 0 aliphatic carbocycles. The van der Waals surface area contributed by atoms with Crippen molar-refractivity contribution in [3.8, 4) is 0 Å². The number of hydrogen-bond acceptors (Lipinski definition) is 0. The highest BCUT2D eigenvalue weighted by Crippen LogP contribution is 2.03. The SMILES string of the molecule is [NH][Si](c1ccccc1)(c1ccccc1)c1ccccc1. The average molecular weight is 274 g/mol. The van der Waals surface area contributed by atoms with Gasteiger partial charge in [0.15, 0.2) is 0 Å². The molecule has 1 radical (unpaired) electrons. The molecule has 0 aliphatic rings. The van der Waals surface area contributed by atoms with Crippen LogP contribution in [0.5, 0.6) is 0 Å². The van der Waals surface area contributed by atoms with Crippen LogP contribution in [0.1, 0.15) is 0 Å². The summed E-state index contributed by atoms with van der Waals surface area (Å²) < 4.78 is 0. The highest BCUT2D eigenvalue weighted by molar-refractivity contribution is 7.09. The molecule has 1 nitrogen and oxygen atoms in total. The molecule has 0 saturated carbocycles. The summed E-state index contributed by atoms with van der Waals surface area (Å²) in [6.45, 7) is 0. The van der Waals surface area contributed by atoms with E-state index in [2.05, 4.69) is 36.4 Å². The summed E-state index contributed by atoms with van der Waals surface area (Å²) in [5, 5.41) is 12.7. The Morgan fingerprint density at radius 1 is 0.450 bits per heavy atom. The largest absolute Gasteiger partial charge is 0.271 e. The van der Waals surface area contributed by atoms with Crippen LogP contribution in [0.25, 0.3) is 0 Å². The molecule has 0 saturated heterocycles. The van der Waals surface area contributed by atoms with Gasteiger partial charge in [-0.15, -0.1) is 0 Å². The van der Waals surface area contributed by atoms with E-state index in [1.165, 1.54) is 0 Å². The van der Waals surface area contributed by atoms with E-state index in [9.17, 15) is 5.40 Å². The lowest BCUT2D eigenvalue weighted by Gasteiger charge is -2.27. The third kappa shape index (κ3) is 2.20. The zero-order valence-corrected chi connectivity index (χ0v) is 12.2. The van der Waals surface area contributed by atoms with Crippen LogP contribution < -0.4 is 21.0 Å². The fourth-order valence-electron chi connectivity index (χ4n) is 2.56. The quantitative estimate of drug-likeness (QED) is 0.515. The highest BCUT2D eigenvalue weighted by Gasteiger charge is 2.36. The van der Waals surface area contributed by atoms with Crippen molar-refractivity contribution in [1.29, 1.82) is 0 Å². The van der Waals surface area contributed by atoms with Gasteiger partial charge in [0.2, 0.25) is 8.24 Å². The molecule has 3 aromatic carbocycles. The van der Waals surface area contributed by atoms with Gasteiger partial charge in [0, 0.05) is 0 Å². The Hall–Kier alpha value is -2.16. The van der Waals surface area contributed by atoms with Gasteiger partial charge in [-0.25, -0.2) is 0 Å². The van der Waals surface area contributed by atoms with Gasteiger partial charge in [-0.3, -0.25) is 5.40 Å². The second-order valence-corrected chi connectivity index (χ2v) is 8.08. The van der Waals surface area contributed by atoms with Crippen molar-refractivity contribution in [3.05, 3.63) is 91.0 Å². The van der Waals surface area contributed by atoms with E-state index in [-0.39, 0.29) is 0 Å². The van der Waals surface area contributed by atoms with E-state index >= 15 is 0 Å². The third-order valence-electron chi connectivity index (χ3n) is 3.62. The van der Waals surface area contributed by atoms with Gasteiger partial charge in [0.1, 0.15) is 0 Å². The predicted molar refractivity (Wildman–Crippen MR) is 87.1 cm³/mol. The monoisotopic (exact) mass is 274 g/mol. The molecular formula is C18H16NSi. The van der Waals surface area contributed by atoms with Crippen LogP contribution in [-0.2, 0) is 0 Å². The Labute approximate surface area is 120 Å². The molecule has 97 valence electrons. The van der Waals surface area contributed by atoms with E-state index < -0.39 is 8.24 Å². The number of rotatable bonds is 3. The molecule has 0 spiro atoms. The molecule has 0 aromatic heterocycles. The first-order valence-corrected chi connectivity index (χ1v) is 8.73. The van der Waals surface area contributed by atoms with Gasteiger partial charge in [-0.2, -0.15) is 0 Å². The summed E-state index contributed by atoms with van der Waals surface area (Å²) >= 11 is 0. The fourth-order valence-corrected chi connectivity index (χ4v) is 5.64. The summed E-state index contributed by atoms with van der Waals surface area (Å²) in [7, 11) is -2.63. The zero-order valence-electron chi connectivity index (χ0n) is 11.2. The lowest BCUT2D eigenvalue weighted by Crippen LogP contribution is -2.68. The summed E-state index contributed by atoms with van der Waals surface area (Å²) in [6.07, 6.45) is 0. The molecule has 2 heteroatoms. The maximum absolute atomic E-state index is 9.28. The second-order valence-electron chi connectivity index (χ2n) is 4.85. The first kappa shape index (κ1) is 12.8. The van der Waals surface area contributed by atoms with Crippen LogP contribution in [0, 0.1) is 0 Å². The van der Waals surface area contributed by atoms with E-state index in [1.54, 1.807) is 0 Å². The first-order valence-electron chi connectivity index (χ1n) is 6.73. The van der Waals surface area contributed by atoms with Crippen molar-refractivity contribution in [2.24, 2.45) is 0 Å². The smallest absolute Gasteiger partial charge is 0.235 e. The minimum absolute atomic E-state index is 1.12. The number of nitrogens with one attached hydrogen (secondary N) is 1. The molecule has 0 heterocycles. The van der Waals surface area contributed by atoms with Crippen LogP contribution in [0.3, 0.4) is 0 Å². The average Bonchev–Trinajstić information content (AvgIpc) is 2.56. The van der Waals surface area contributed by atoms with Crippen molar-refractivity contribution in [1.82, 2.24) is 5.40 Å². The van der Waals surface area contributed by atoms with Crippen molar-refractivity contribution in [2.75, 3.05) is 0 Å². The molecular weight excluding hydrogens is 258 g/mol. The maximum Gasteiger partial charge on any atom is 0.235 e. The standard InChI is InChI=1S/C18H16NSi/c19-20(16-10-4-1-5-11-16,17-12-6-2-7-13-17)18-14-8-3-9-15-18/h1-15,19H. The normalized spacial score (nSPS) is 11.2. The van der Waals surface area contributed by atoms with E-state index in [4.69, 9.17) is 0 Å². The van der Waals surface area contributed by atoms with Crippen molar-refractivity contribution in [2.45, 2.75) is 0 Å². The van der Waals surface area contributed by atoms with Crippen LogP contribution in [0.4, 0.5) is 0 Å². The highest BCUT2D eigenvalue weighted by atomic mass is 28.3. The van der Waals surface area contributed by atoms with Gasteiger partial charge >= 0.3 is 0 Å². The summed E-state index contributed by atoms with van der Waals surface area (Å²) in [6, 6.07) is 30.7. The Bertz CT molecular complexity index is 569. The number of benzene rings is 3. The Kier molecular flexibility index (Phi) is 3.50. The van der Waals surface area contributed by atoms with Gasteiger partial charge in [0.05, 0.1) is 0 Å². The molecule has 0 aliphatic heterocycles. The Balaban J connectivity index is 2.24. The topological polar surface area (TPSA) is 23.8 Å². The minimum atomic E-state index is -2.63. The van der Waals surface area contributed by atoms with Crippen molar-refractivity contribution < 1.29 is 0 Å². The van der Waals surface area contributed by atoms with Crippen LogP contribution in [0.2, 0.25) is 0 Å². The van der Waals surface area contributed by atoms with Crippen LogP contribution >= 0.6 is 0 Å². The molecule has 0 atom stereocenters. The molecule has 0 fully saturated rings. The predicted octanol–water partition coefficient (Wildman–Crippen LogP) is 1.94. The number of hydrogen-bond donors (Lipinski definition) is 0. The fraction of sp³-hybridized carbons (Fsp3) is 0. The second kappa shape index (κ2) is 5.45. The van der Waals surface area contributed by atoms with Crippen LogP contribution in [0.15, 0.2) is 91.0 Å². The lowest BCUT2D eigenvalue weighted by atomic mass is 10.3. The molecule has 3 rings (SSSR count). The van der Waals surface area contributed by atoms with Gasteiger partial charge in [0.25, 0.3) is 0 Å². The van der Waals surface area contributed by atoms with Crippen molar-refractivity contribution in [3.63, 3.8) is 0 Å². The van der Waals surface area contributed by atoms with Gasteiger partial charge in [-0.05, 0) is 15.6 Å². The Morgan fingerprint density at radius 3 is 0.950 bits per heavy atom. The molecule has 0 amide bonds. The third-order valence-corrected chi connectivity index (χ3v) is 7.22. The summed E-state index contributed by atoms with van der Waals surface area (Å²) in [5.74, 6) is 0. The maximum atomic E-state index is 9.28. The van der Waals surface area contributed by atoms with Gasteiger partial charge < -0.3 is 0 Å². The van der Waals surface area contributed by atoms with Gasteiger partial charge in [-0.1, -0.05) is 91.0 Å². The summed E-state index contributed by atoms with van der Waals surface area (Å²) in [4.78, 5) is 0. The molecule has 1 N–H and O–H groups in total. The molecule has 0 bridgehead atoms. The molecule has 0 unspecified atom stereocenters. The van der Waals surface area contributed by atoms with Crippen LogP contribution in [-0.4, -0.2) is 8.24 Å². The lowest BCUT2D eigenvalue weighted by molar-refractivity contribution is 1.58. The molecule has 20 heavy (non-hydrogen) atoms. The summed E-state index contributed by atoms with van der Waals surface area (Å²) in [5.41, 5.74) is 0. The zero-order chi connectivity index (χ0) is 13.8.